The second kappa shape index (κ2) is 8.78. The highest BCUT2D eigenvalue weighted by molar-refractivity contribution is 8.03. The molecule has 4 aromatic rings. The van der Waals surface area contributed by atoms with Crippen molar-refractivity contribution in [2.75, 3.05) is 11.9 Å². The molecule has 6 nitrogen and oxygen atoms in total. The molecule has 1 aromatic heterocycles. The first-order valence-corrected chi connectivity index (χ1v) is 13.5. The summed E-state index contributed by atoms with van der Waals surface area (Å²) in [6.45, 7) is 2.03. The lowest BCUT2D eigenvalue weighted by Crippen LogP contribution is -2.39. The van der Waals surface area contributed by atoms with E-state index in [-0.39, 0.29) is 0 Å². The lowest BCUT2D eigenvalue weighted by molar-refractivity contribution is -0.658. The molecule has 0 fully saturated rings. The number of benzene rings is 3. The molecular weight excluding hydrogens is 492 g/mol. The molecule has 9 heteroatoms. The third-order valence-corrected chi connectivity index (χ3v) is 7.75. The van der Waals surface area contributed by atoms with Crippen molar-refractivity contribution in [3.05, 3.63) is 82.2 Å². The fourth-order valence-electron chi connectivity index (χ4n) is 4.10. The van der Waals surface area contributed by atoms with Crippen LogP contribution in [-0.4, -0.2) is 20.0 Å². The van der Waals surface area contributed by atoms with Gasteiger partial charge in [-0.2, -0.15) is 8.42 Å². The molecule has 34 heavy (non-hydrogen) atoms. The van der Waals surface area contributed by atoms with Crippen molar-refractivity contribution in [3.8, 4) is 0 Å². The van der Waals surface area contributed by atoms with Crippen LogP contribution in [0.3, 0.4) is 0 Å². The Balaban J connectivity index is 1.64. The number of halogens is 1. The molecule has 0 atom stereocenters. The van der Waals surface area contributed by atoms with Gasteiger partial charge in [-0.15, -0.1) is 4.57 Å². The van der Waals surface area contributed by atoms with Gasteiger partial charge in [-0.05, 0) is 53.8 Å². The summed E-state index contributed by atoms with van der Waals surface area (Å²) >= 11 is 7.82. The van der Waals surface area contributed by atoms with Crippen molar-refractivity contribution in [3.63, 3.8) is 0 Å². The predicted molar refractivity (Wildman–Crippen MR) is 138 cm³/mol. The molecule has 1 N–H and O–H groups in total. The zero-order valence-corrected chi connectivity index (χ0v) is 20.9. The Morgan fingerprint density at radius 1 is 1.21 bits per heavy atom. The van der Waals surface area contributed by atoms with E-state index in [0.717, 1.165) is 32.0 Å². The normalized spacial score (nSPS) is 15.6. The number of fused-ring (bicyclic) bond motifs is 4. The largest absolute Gasteiger partial charge is 0.398 e. The summed E-state index contributed by atoms with van der Waals surface area (Å²) in [5, 5.41) is 3.50. The lowest BCUT2D eigenvalue weighted by atomic mass is 10.1. The number of hydrogen-bond donors (Lipinski definition) is 1. The Morgan fingerprint density at radius 3 is 2.76 bits per heavy atom. The number of oxazole rings is 1. The SMILES string of the molecule is CCC(/C=C1\Sc2ccc(Cl)cc2N1C)=C\c1oc2ccc3ccccc3c2[n+]1CS(=O)(=O)O. The van der Waals surface area contributed by atoms with Crippen molar-refractivity contribution >= 4 is 67.1 Å². The van der Waals surface area contributed by atoms with Gasteiger partial charge >= 0.3 is 16.0 Å². The Labute approximate surface area is 206 Å². The van der Waals surface area contributed by atoms with E-state index < -0.39 is 16.0 Å². The maximum Gasteiger partial charge on any atom is 0.375 e. The number of anilines is 1. The van der Waals surface area contributed by atoms with Crippen LogP contribution in [0.1, 0.15) is 19.2 Å². The van der Waals surface area contributed by atoms with Gasteiger partial charge in [-0.25, -0.2) is 0 Å². The molecule has 0 bridgehead atoms. The van der Waals surface area contributed by atoms with Crippen LogP contribution >= 0.6 is 23.4 Å². The molecule has 0 amide bonds. The molecule has 2 heterocycles. The van der Waals surface area contributed by atoms with E-state index in [1.54, 1.807) is 11.8 Å². The van der Waals surface area contributed by atoms with Crippen LogP contribution in [0.15, 0.2) is 80.6 Å². The molecule has 0 spiro atoms. The van der Waals surface area contributed by atoms with E-state index >= 15 is 0 Å². The summed E-state index contributed by atoms with van der Waals surface area (Å²) in [6, 6.07) is 17.2. The number of rotatable bonds is 5. The van der Waals surface area contributed by atoms with E-state index in [4.69, 9.17) is 16.0 Å². The van der Waals surface area contributed by atoms with Gasteiger partial charge in [0.2, 0.25) is 5.58 Å². The molecule has 174 valence electrons. The van der Waals surface area contributed by atoms with Gasteiger partial charge in [0.15, 0.2) is 0 Å². The fraction of sp³-hybridized carbons (Fsp3) is 0.160. The first kappa shape index (κ1) is 23.0. The maximum atomic E-state index is 11.9. The van der Waals surface area contributed by atoms with Crippen LogP contribution in [0.25, 0.3) is 27.9 Å². The van der Waals surface area contributed by atoms with Crippen molar-refractivity contribution in [2.45, 2.75) is 24.1 Å². The number of thioether (sulfide) groups is 1. The van der Waals surface area contributed by atoms with Gasteiger partial charge in [0.05, 0.1) is 22.2 Å². The highest BCUT2D eigenvalue weighted by Crippen LogP contribution is 2.46. The van der Waals surface area contributed by atoms with Gasteiger partial charge in [-0.3, -0.25) is 4.55 Å². The molecule has 0 aliphatic carbocycles. The summed E-state index contributed by atoms with van der Waals surface area (Å²) in [5.41, 5.74) is 3.15. The van der Waals surface area contributed by atoms with E-state index in [1.807, 2.05) is 74.6 Å². The second-order valence-corrected chi connectivity index (χ2v) is 11.0. The molecular formula is C25H22ClN2O4S2+. The van der Waals surface area contributed by atoms with Crippen LogP contribution in [0.2, 0.25) is 5.02 Å². The Kier molecular flexibility index (Phi) is 5.93. The van der Waals surface area contributed by atoms with Crippen LogP contribution in [0.5, 0.6) is 0 Å². The quantitative estimate of drug-likeness (QED) is 0.251. The highest BCUT2D eigenvalue weighted by atomic mass is 35.5. The Bertz CT molecular complexity index is 1610. The van der Waals surface area contributed by atoms with E-state index in [9.17, 15) is 13.0 Å². The number of nitrogens with zero attached hydrogens (tertiary/aromatic N) is 2. The van der Waals surface area contributed by atoms with Crippen molar-refractivity contribution in [1.82, 2.24) is 0 Å². The summed E-state index contributed by atoms with van der Waals surface area (Å²) in [5.74, 6) is -0.254. The smallest absolute Gasteiger partial charge is 0.375 e. The summed E-state index contributed by atoms with van der Waals surface area (Å²) in [6.07, 6.45) is 4.58. The van der Waals surface area contributed by atoms with Gasteiger partial charge in [0.25, 0.3) is 11.4 Å². The molecule has 0 saturated carbocycles. The van der Waals surface area contributed by atoms with Crippen molar-refractivity contribution < 1.29 is 22.0 Å². The van der Waals surface area contributed by atoms with Crippen LogP contribution < -0.4 is 9.47 Å². The fourth-order valence-corrected chi connectivity index (χ4v) is 5.96. The second-order valence-electron chi connectivity index (χ2n) is 8.04. The number of hydrogen-bond acceptors (Lipinski definition) is 5. The predicted octanol–water partition coefficient (Wildman–Crippen LogP) is 6.25. The lowest BCUT2D eigenvalue weighted by Gasteiger charge is -2.14. The number of aromatic nitrogens is 1. The topological polar surface area (TPSA) is 74.6 Å². The Morgan fingerprint density at radius 2 is 2.00 bits per heavy atom. The van der Waals surface area contributed by atoms with E-state index in [2.05, 4.69) is 11.0 Å². The Hall–Kier alpha value is -2.78. The first-order chi connectivity index (χ1) is 16.2. The average Bonchev–Trinajstić information content (AvgIpc) is 3.29. The summed E-state index contributed by atoms with van der Waals surface area (Å²) in [4.78, 5) is 3.19. The molecule has 1 aliphatic heterocycles. The third kappa shape index (κ3) is 4.34. The molecule has 0 radical (unpaired) electrons. The molecule has 1 aliphatic rings. The van der Waals surface area contributed by atoms with Crippen LogP contribution in [-0.2, 0) is 16.0 Å². The monoisotopic (exact) mass is 513 g/mol. The minimum Gasteiger partial charge on any atom is -0.398 e. The molecule has 5 rings (SSSR count). The average molecular weight is 514 g/mol. The summed E-state index contributed by atoms with van der Waals surface area (Å²) < 4.78 is 41.1. The van der Waals surface area contributed by atoms with Crippen LogP contribution in [0, 0.1) is 0 Å². The molecule has 3 aromatic carbocycles. The molecule has 0 saturated heterocycles. The van der Waals surface area contributed by atoms with E-state index in [1.165, 1.54) is 4.57 Å². The van der Waals surface area contributed by atoms with Gasteiger partial charge in [0.1, 0.15) is 0 Å². The highest BCUT2D eigenvalue weighted by Gasteiger charge is 2.28. The van der Waals surface area contributed by atoms with E-state index in [0.29, 0.717) is 28.4 Å². The standard InChI is InChI=1S/C25H21ClN2O4S2/c1-3-16(13-24-27(2)20-14-18(26)9-11-22(20)33-24)12-23-28(15-34(29,30)31)25-19-7-5-4-6-17(19)8-10-21(25)32-23/h4-14H,3,15H2,1-2H3/p+1. The van der Waals surface area contributed by atoms with Gasteiger partial charge in [0, 0.05) is 17.0 Å². The maximum absolute atomic E-state index is 11.9. The number of allylic oxidation sites excluding steroid dienone is 2. The van der Waals surface area contributed by atoms with Gasteiger partial charge < -0.3 is 9.32 Å². The van der Waals surface area contributed by atoms with Crippen molar-refractivity contribution in [1.29, 1.82) is 0 Å². The van der Waals surface area contributed by atoms with Crippen LogP contribution in [0.4, 0.5) is 5.69 Å². The summed E-state index contributed by atoms with van der Waals surface area (Å²) in [7, 11) is -2.32. The minimum atomic E-state index is -4.31. The third-order valence-electron chi connectivity index (χ3n) is 5.76. The molecule has 0 unspecified atom stereocenters. The minimum absolute atomic E-state index is 0.351. The zero-order chi connectivity index (χ0) is 24.0. The van der Waals surface area contributed by atoms with Crippen molar-refractivity contribution in [2.24, 2.45) is 0 Å². The zero-order valence-electron chi connectivity index (χ0n) is 18.5. The van der Waals surface area contributed by atoms with Gasteiger partial charge in [-0.1, -0.05) is 54.6 Å². The first-order valence-electron chi connectivity index (χ1n) is 10.7.